The SMILES string of the molecule is C=C(C)C(=O)OCOC(=O)Oc1ccc(CCc2ccc3c(c2)C(C)c2cc(CCc4ccc(OC(=O)OCOC(=O)C(=C)C)cc4)ccc2-3)cc1. The normalized spacial score (nSPS) is 11.4. The first-order valence-corrected chi connectivity index (χ1v) is 16.7. The van der Waals surface area contributed by atoms with Crippen LogP contribution in [0.1, 0.15) is 60.1 Å². The Bertz CT molecular complexity index is 1830. The molecule has 52 heavy (non-hydrogen) atoms. The fourth-order valence-electron chi connectivity index (χ4n) is 5.70. The molecule has 0 fully saturated rings. The smallest absolute Gasteiger partial charge is 0.424 e. The van der Waals surface area contributed by atoms with E-state index in [2.05, 4.69) is 56.5 Å². The molecule has 0 heterocycles. The van der Waals surface area contributed by atoms with E-state index in [0.29, 0.717) is 11.5 Å². The van der Waals surface area contributed by atoms with Crippen LogP contribution in [0.2, 0.25) is 0 Å². The van der Waals surface area contributed by atoms with Gasteiger partial charge in [-0.05, 0) is 108 Å². The fraction of sp³-hybridized carbons (Fsp3) is 0.238. The van der Waals surface area contributed by atoms with Crippen LogP contribution in [-0.4, -0.2) is 37.8 Å². The van der Waals surface area contributed by atoms with Crippen LogP contribution in [0.15, 0.2) is 109 Å². The van der Waals surface area contributed by atoms with E-state index in [9.17, 15) is 19.2 Å². The van der Waals surface area contributed by atoms with Gasteiger partial charge in [0.25, 0.3) is 0 Å². The Balaban J connectivity index is 1.09. The number of rotatable bonds is 14. The summed E-state index contributed by atoms with van der Waals surface area (Å²) in [5.41, 5.74) is 10.3. The lowest BCUT2D eigenvalue weighted by molar-refractivity contribution is -0.148. The maximum absolute atomic E-state index is 11.9. The first-order chi connectivity index (χ1) is 25.0. The minimum atomic E-state index is -0.968. The minimum Gasteiger partial charge on any atom is -0.424 e. The maximum atomic E-state index is 11.9. The highest BCUT2D eigenvalue weighted by Gasteiger charge is 2.26. The van der Waals surface area contributed by atoms with Crippen molar-refractivity contribution in [1.82, 2.24) is 0 Å². The van der Waals surface area contributed by atoms with Gasteiger partial charge in [-0.1, -0.05) is 80.7 Å². The Morgan fingerprint density at radius 3 is 1.23 bits per heavy atom. The van der Waals surface area contributed by atoms with Crippen molar-refractivity contribution >= 4 is 24.2 Å². The van der Waals surface area contributed by atoms with Crippen molar-refractivity contribution in [3.05, 3.63) is 143 Å². The first-order valence-electron chi connectivity index (χ1n) is 16.7. The molecule has 4 aromatic rings. The molecule has 0 N–H and O–H groups in total. The van der Waals surface area contributed by atoms with Crippen molar-refractivity contribution < 1.29 is 47.6 Å². The van der Waals surface area contributed by atoms with E-state index >= 15 is 0 Å². The number of aryl methyl sites for hydroxylation is 4. The Kier molecular flexibility index (Phi) is 12.3. The molecule has 4 aromatic carbocycles. The molecule has 268 valence electrons. The molecule has 0 radical (unpaired) electrons. The number of benzene rings is 4. The first kappa shape index (κ1) is 37.1. The zero-order chi connectivity index (χ0) is 37.2. The van der Waals surface area contributed by atoms with Crippen LogP contribution in [0.4, 0.5) is 9.59 Å². The molecular weight excluding hydrogens is 664 g/mol. The Morgan fingerprint density at radius 1 is 0.519 bits per heavy atom. The van der Waals surface area contributed by atoms with Gasteiger partial charge in [0.15, 0.2) is 0 Å². The second-order valence-electron chi connectivity index (χ2n) is 12.5. The third-order valence-corrected chi connectivity index (χ3v) is 8.54. The average molecular weight is 705 g/mol. The van der Waals surface area contributed by atoms with Gasteiger partial charge in [-0.15, -0.1) is 0 Å². The lowest BCUT2D eigenvalue weighted by Gasteiger charge is -2.10. The lowest BCUT2D eigenvalue weighted by atomic mass is 9.94. The van der Waals surface area contributed by atoms with Gasteiger partial charge in [-0.25, -0.2) is 19.2 Å². The van der Waals surface area contributed by atoms with Crippen molar-refractivity contribution in [2.75, 3.05) is 13.6 Å². The van der Waals surface area contributed by atoms with Gasteiger partial charge in [-0.2, -0.15) is 0 Å². The monoisotopic (exact) mass is 704 g/mol. The van der Waals surface area contributed by atoms with Crippen molar-refractivity contribution in [1.29, 1.82) is 0 Å². The van der Waals surface area contributed by atoms with Gasteiger partial charge in [0.1, 0.15) is 11.5 Å². The van der Waals surface area contributed by atoms with E-state index in [1.807, 2.05) is 24.3 Å². The molecule has 5 rings (SSSR count). The third kappa shape index (κ3) is 9.97. The average Bonchev–Trinajstić information content (AvgIpc) is 3.40. The van der Waals surface area contributed by atoms with Crippen molar-refractivity contribution in [3.63, 3.8) is 0 Å². The molecule has 1 aliphatic rings. The molecule has 0 aromatic heterocycles. The van der Waals surface area contributed by atoms with E-state index in [1.165, 1.54) is 47.2 Å². The van der Waals surface area contributed by atoms with Gasteiger partial charge < -0.3 is 28.4 Å². The van der Waals surface area contributed by atoms with Gasteiger partial charge in [0, 0.05) is 17.1 Å². The summed E-state index contributed by atoms with van der Waals surface area (Å²) in [5.74, 6) is -0.379. The third-order valence-electron chi connectivity index (χ3n) is 8.54. The van der Waals surface area contributed by atoms with Crippen molar-refractivity contribution in [2.45, 2.75) is 52.4 Å². The zero-order valence-electron chi connectivity index (χ0n) is 29.4. The van der Waals surface area contributed by atoms with Crippen molar-refractivity contribution in [2.24, 2.45) is 0 Å². The van der Waals surface area contributed by atoms with Crippen molar-refractivity contribution in [3.8, 4) is 22.6 Å². The summed E-state index contributed by atoms with van der Waals surface area (Å²) in [7, 11) is 0. The van der Waals surface area contributed by atoms with E-state index in [0.717, 1.165) is 36.8 Å². The van der Waals surface area contributed by atoms with E-state index in [4.69, 9.17) is 28.4 Å². The van der Waals surface area contributed by atoms with Crippen LogP contribution in [-0.2, 0) is 54.2 Å². The quantitative estimate of drug-likeness (QED) is 0.0546. The molecule has 0 saturated heterocycles. The summed E-state index contributed by atoms with van der Waals surface area (Å²) < 4.78 is 29.3. The number of carbonyl (C=O) groups excluding carboxylic acids is 4. The number of hydrogen-bond acceptors (Lipinski definition) is 10. The summed E-state index contributed by atoms with van der Waals surface area (Å²) in [6.45, 7) is 11.1. The largest absolute Gasteiger partial charge is 0.516 e. The number of fused-ring (bicyclic) bond motifs is 3. The molecule has 0 unspecified atom stereocenters. The summed E-state index contributed by atoms with van der Waals surface area (Å²) in [6, 6.07) is 27.9. The maximum Gasteiger partial charge on any atom is 0.516 e. The lowest BCUT2D eigenvalue weighted by Crippen LogP contribution is -2.16. The molecule has 0 amide bonds. The standard InChI is InChI=1S/C42H40O10/c1-26(2)39(43)47-24-49-41(45)51-33-16-10-29(11-17-33)6-8-31-14-20-35-36-21-15-32(23-38(36)28(5)37(35)22-31)9-7-30-12-18-34(19-13-30)52-42(46)50-25-48-40(44)27(3)4/h10-23,28H,1,3,6-9,24-25H2,2,4-5H3. The highest BCUT2D eigenvalue weighted by atomic mass is 16.8. The molecule has 0 atom stereocenters. The van der Waals surface area contributed by atoms with Crippen LogP contribution in [0.5, 0.6) is 11.5 Å². The zero-order valence-corrected chi connectivity index (χ0v) is 29.4. The van der Waals surface area contributed by atoms with Crippen LogP contribution >= 0.6 is 0 Å². The molecule has 0 aliphatic heterocycles. The number of ether oxygens (including phenoxy) is 6. The highest BCUT2D eigenvalue weighted by molar-refractivity contribution is 5.87. The topological polar surface area (TPSA) is 124 Å². The molecule has 1 aliphatic carbocycles. The second-order valence-corrected chi connectivity index (χ2v) is 12.5. The number of esters is 2. The van der Waals surface area contributed by atoms with Crippen LogP contribution in [0.25, 0.3) is 11.1 Å². The fourth-order valence-corrected chi connectivity index (χ4v) is 5.70. The van der Waals surface area contributed by atoms with Gasteiger partial charge >= 0.3 is 24.2 Å². The summed E-state index contributed by atoms with van der Waals surface area (Å²) in [6.07, 6.45) is 1.41. The molecule has 0 saturated carbocycles. The number of hydrogen-bond donors (Lipinski definition) is 0. The van der Waals surface area contributed by atoms with E-state index < -0.39 is 37.8 Å². The van der Waals surface area contributed by atoms with Crippen LogP contribution < -0.4 is 9.47 Å². The molecule has 0 bridgehead atoms. The van der Waals surface area contributed by atoms with E-state index in [-0.39, 0.29) is 17.1 Å². The van der Waals surface area contributed by atoms with Gasteiger partial charge in [0.05, 0.1) is 0 Å². The minimum absolute atomic E-state index is 0.204. The predicted molar refractivity (Wildman–Crippen MR) is 193 cm³/mol. The van der Waals surface area contributed by atoms with E-state index in [1.54, 1.807) is 24.3 Å². The van der Waals surface area contributed by atoms with Crippen LogP contribution in [0, 0.1) is 0 Å². The summed E-state index contributed by atoms with van der Waals surface area (Å²) >= 11 is 0. The molecule has 0 spiro atoms. The Morgan fingerprint density at radius 2 is 0.865 bits per heavy atom. The summed E-state index contributed by atoms with van der Waals surface area (Å²) in [4.78, 5) is 46.5. The second kappa shape index (κ2) is 17.2. The molecule has 10 heteroatoms. The Hall–Kier alpha value is -6.16. The number of carbonyl (C=O) groups is 4. The Labute approximate surface area is 302 Å². The van der Waals surface area contributed by atoms with Gasteiger partial charge in [-0.3, -0.25) is 0 Å². The summed E-state index contributed by atoms with van der Waals surface area (Å²) in [5, 5.41) is 0. The molecule has 10 nitrogen and oxygen atoms in total. The predicted octanol–water partition coefficient (Wildman–Crippen LogP) is 8.57. The molecular formula is C42H40O10. The van der Waals surface area contributed by atoms with Crippen LogP contribution in [0.3, 0.4) is 0 Å². The van der Waals surface area contributed by atoms with Gasteiger partial charge in [0.2, 0.25) is 13.6 Å². The highest BCUT2D eigenvalue weighted by Crippen LogP contribution is 2.45.